The summed E-state index contributed by atoms with van der Waals surface area (Å²) in [6.45, 7) is 2.37. The lowest BCUT2D eigenvalue weighted by atomic mass is 10.1. The van der Waals surface area contributed by atoms with Crippen LogP contribution in [0.1, 0.15) is 25.3 Å². The van der Waals surface area contributed by atoms with Crippen LogP contribution < -0.4 is 5.73 Å². The quantitative estimate of drug-likeness (QED) is 0.813. The van der Waals surface area contributed by atoms with Crippen LogP contribution in [0, 0.1) is 0 Å². The van der Waals surface area contributed by atoms with E-state index in [1.807, 2.05) is 13.0 Å². The number of hydrogen-bond acceptors (Lipinski definition) is 3. The smallest absolute Gasteiger partial charge is 0.239 e. The van der Waals surface area contributed by atoms with Crippen molar-refractivity contribution in [3.05, 3.63) is 29.8 Å². The number of benzene rings is 1. The first kappa shape index (κ1) is 13.5. The Morgan fingerprint density at radius 1 is 1.47 bits per heavy atom. The molecule has 3 N–H and O–H groups in total. The highest BCUT2D eigenvalue weighted by Gasteiger charge is 2.17. The molecule has 1 atom stereocenters. The predicted molar refractivity (Wildman–Crippen MR) is 67.5 cm³/mol. The van der Waals surface area contributed by atoms with Crippen LogP contribution in [0.25, 0.3) is 0 Å². The molecule has 0 unspecified atom stereocenters. The lowest BCUT2D eigenvalue weighted by Crippen LogP contribution is -2.41. The highest BCUT2D eigenvalue weighted by atomic mass is 16.3. The minimum absolute atomic E-state index is 0.0879. The molecule has 1 amide bonds. The summed E-state index contributed by atoms with van der Waals surface area (Å²) in [4.78, 5) is 13.4. The Bertz CT molecular complexity index is 379. The van der Waals surface area contributed by atoms with Gasteiger partial charge in [0.05, 0.1) is 6.04 Å². The van der Waals surface area contributed by atoms with Crippen molar-refractivity contribution in [2.45, 2.75) is 32.4 Å². The molecule has 0 aliphatic rings. The molecule has 1 aromatic rings. The van der Waals surface area contributed by atoms with Gasteiger partial charge in [-0.25, -0.2) is 0 Å². The number of para-hydroxylation sites is 1. The van der Waals surface area contributed by atoms with E-state index < -0.39 is 6.04 Å². The number of carbonyl (C=O) groups is 1. The largest absolute Gasteiger partial charge is 0.508 e. The van der Waals surface area contributed by atoms with Crippen molar-refractivity contribution in [2.75, 3.05) is 7.05 Å². The molecule has 0 aliphatic heterocycles. The van der Waals surface area contributed by atoms with Gasteiger partial charge < -0.3 is 15.7 Å². The molecule has 17 heavy (non-hydrogen) atoms. The molecular formula is C13H20N2O2. The summed E-state index contributed by atoms with van der Waals surface area (Å²) in [5.41, 5.74) is 6.50. The summed E-state index contributed by atoms with van der Waals surface area (Å²) < 4.78 is 0. The van der Waals surface area contributed by atoms with Crippen LogP contribution in [0.15, 0.2) is 24.3 Å². The van der Waals surface area contributed by atoms with Gasteiger partial charge in [0.1, 0.15) is 5.75 Å². The molecule has 0 aromatic heterocycles. The molecule has 0 fully saturated rings. The summed E-state index contributed by atoms with van der Waals surface area (Å²) in [6.07, 6.45) is 1.57. The predicted octanol–water partition coefficient (Wildman–Crippen LogP) is 1.48. The molecule has 4 heteroatoms. The first-order valence-corrected chi connectivity index (χ1v) is 5.83. The standard InChI is InChI=1S/C13H20N2O2/c1-3-6-11(14)13(17)15(2)9-10-7-4-5-8-12(10)16/h4-5,7-8,11,16H,3,6,9,14H2,1-2H3/t11-/m1/s1. The SMILES string of the molecule is CCC[C@@H](N)C(=O)N(C)Cc1ccccc1O. The molecule has 1 rings (SSSR count). The molecule has 0 aliphatic carbocycles. The number of nitrogens with zero attached hydrogens (tertiary/aromatic N) is 1. The molecule has 94 valence electrons. The van der Waals surface area contributed by atoms with Crippen LogP contribution in [-0.2, 0) is 11.3 Å². The van der Waals surface area contributed by atoms with Crippen molar-refractivity contribution in [2.24, 2.45) is 5.73 Å². The van der Waals surface area contributed by atoms with Gasteiger partial charge in [-0.1, -0.05) is 31.5 Å². The number of likely N-dealkylation sites (N-methyl/N-ethyl adjacent to an activating group) is 1. The van der Waals surface area contributed by atoms with E-state index in [-0.39, 0.29) is 11.7 Å². The van der Waals surface area contributed by atoms with Gasteiger partial charge in [0.15, 0.2) is 0 Å². The Balaban J connectivity index is 2.63. The molecule has 0 saturated heterocycles. The second kappa shape index (κ2) is 6.25. The fourth-order valence-corrected chi connectivity index (χ4v) is 1.70. The maximum absolute atomic E-state index is 11.9. The van der Waals surface area contributed by atoms with Gasteiger partial charge in [-0.2, -0.15) is 0 Å². The van der Waals surface area contributed by atoms with Crippen molar-refractivity contribution in [1.82, 2.24) is 4.90 Å². The van der Waals surface area contributed by atoms with E-state index >= 15 is 0 Å². The highest BCUT2D eigenvalue weighted by molar-refractivity contribution is 5.81. The van der Waals surface area contributed by atoms with E-state index in [9.17, 15) is 9.90 Å². The van der Waals surface area contributed by atoms with Gasteiger partial charge in [0, 0.05) is 19.2 Å². The minimum Gasteiger partial charge on any atom is -0.508 e. The highest BCUT2D eigenvalue weighted by Crippen LogP contribution is 2.17. The lowest BCUT2D eigenvalue weighted by molar-refractivity contribution is -0.132. The van der Waals surface area contributed by atoms with E-state index in [2.05, 4.69) is 0 Å². The second-order valence-corrected chi connectivity index (χ2v) is 4.22. The van der Waals surface area contributed by atoms with Gasteiger partial charge in [0.2, 0.25) is 5.91 Å². The molecular weight excluding hydrogens is 216 g/mol. The summed E-state index contributed by atoms with van der Waals surface area (Å²) in [7, 11) is 1.70. The van der Waals surface area contributed by atoms with E-state index in [1.165, 1.54) is 0 Å². The average molecular weight is 236 g/mol. The zero-order valence-corrected chi connectivity index (χ0v) is 10.4. The third-order valence-corrected chi connectivity index (χ3v) is 2.69. The van der Waals surface area contributed by atoms with Crippen molar-refractivity contribution in [3.8, 4) is 5.75 Å². The molecule has 0 saturated carbocycles. The Hall–Kier alpha value is -1.55. The number of phenols is 1. The van der Waals surface area contributed by atoms with E-state index in [1.54, 1.807) is 30.1 Å². The van der Waals surface area contributed by atoms with Gasteiger partial charge in [-0.05, 0) is 12.5 Å². The number of nitrogens with two attached hydrogens (primary N) is 1. The van der Waals surface area contributed by atoms with Gasteiger partial charge >= 0.3 is 0 Å². The third-order valence-electron chi connectivity index (χ3n) is 2.69. The van der Waals surface area contributed by atoms with Crippen molar-refractivity contribution < 1.29 is 9.90 Å². The lowest BCUT2D eigenvalue weighted by Gasteiger charge is -2.21. The number of phenolic OH excluding ortho intramolecular Hbond substituents is 1. The van der Waals surface area contributed by atoms with Crippen LogP contribution in [0.2, 0.25) is 0 Å². The fourth-order valence-electron chi connectivity index (χ4n) is 1.70. The Morgan fingerprint density at radius 3 is 2.71 bits per heavy atom. The number of carbonyl (C=O) groups excluding carboxylic acids is 1. The first-order valence-electron chi connectivity index (χ1n) is 5.83. The number of hydrogen-bond donors (Lipinski definition) is 2. The average Bonchev–Trinajstić information content (AvgIpc) is 2.31. The topological polar surface area (TPSA) is 66.6 Å². The van der Waals surface area contributed by atoms with E-state index in [4.69, 9.17) is 5.73 Å². The Morgan fingerprint density at radius 2 is 2.12 bits per heavy atom. The Kier molecular flexibility index (Phi) is 4.97. The molecule has 0 radical (unpaired) electrons. The Labute approximate surface area is 102 Å². The zero-order valence-electron chi connectivity index (χ0n) is 10.4. The van der Waals surface area contributed by atoms with Gasteiger partial charge in [0.25, 0.3) is 0 Å². The number of amides is 1. The van der Waals surface area contributed by atoms with Crippen LogP contribution >= 0.6 is 0 Å². The third kappa shape index (κ3) is 3.75. The summed E-state index contributed by atoms with van der Waals surface area (Å²) >= 11 is 0. The van der Waals surface area contributed by atoms with Gasteiger partial charge in [-0.15, -0.1) is 0 Å². The summed E-state index contributed by atoms with van der Waals surface area (Å²) in [6, 6.07) is 6.54. The summed E-state index contributed by atoms with van der Waals surface area (Å²) in [5.74, 6) is 0.117. The van der Waals surface area contributed by atoms with Crippen LogP contribution in [0.3, 0.4) is 0 Å². The molecule has 0 bridgehead atoms. The molecule has 0 heterocycles. The minimum atomic E-state index is -0.448. The maximum Gasteiger partial charge on any atom is 0.239 e. The first-order chi connectivity index (χ1) is 8.06. The zero-order chi connectivity index (χ0) is 12.8. The van der Waals surface area contributed by atoms with Crippen molar-refractivity contribution in [1.29, 1.82) is 0 Å². The summed E-state index contributed by atoms with van der Waals surface area (Å²) in [5, 5.41) is 9.61. The van der Waals surface area contributed by atoms with Crippen LogP contribution in [0.4, 0.5) is 0 Å². The van der Waals surface area contributed by atoms with Gasteiger partial charge in [-0.3, -0.25) is 4.79 Å². The molecule has 0 spiro atoms. The maximum atomic E-state index is 11.9. The molecule has 1 aromatic carbocycles. The second-order valence-electron chi connectivity index (χ2n) is 4.22. The monoisotopic (exact) mass is 236 g/mol. The van der Waals surface area contributed by atoms with E-state index in [0.717, 1.165) is 12.0 Å². The van der Waals surface area contributed by atoms with Crippen molar-refractivity contribution >= 4 is 5.91 Å². The van der Waals surface area contributed by atoms with Crippen molar-refractivity contribution in [3.63, 3.8) is 0 Å². The number of aromatic hydroxyl groups is 1. The van der Waals surface area contributed by atoms with Crippen LogP contribution in [0.5, 0.6) is 5.75 Å². The normalized spacial score (nSPS) is 12.2. The molecule has 4 nitrogen and oxygen atoms in total. The number of rotatable bonds is 5. The van der Waals surface area contributed by atoms with Crippen LogP contribution in [-0.4, -0.2) is 29.0 Å². The van der Waals surface area contributed by atoms with E-state index in [0.29, 0.717) is 13.0 Å². The fraction of sp³-hybridized carbons (Fsp3) is 0.462.